The van der Waals surface area contributed by atoms with Crippen LogP contribution in [0.3, 0.4) is 0 Å². The van der Waals surface area contributed by atoms with Crippen LogP contribution in [0, 0.1) is 0 Å². The van der Waals surface area contributed by atoms with E-state index in [0.717, 1.165) is 21.3 Å². The second-order valence-corrected chi connectivity index (χ2v) is 7.61. The van der Waals surface area contributed by atoms with Gasteiger partial charge in [0.1, 0.15) is 10.2 Å². The Kier molecular flexibility index (Phi) is 5.36. The monoisotopic (exact) mass is 340 g/mol. The van der Waals surface area contributed by atoms with Gasteiger partial charge < -0.3 is 10.4 Å². The first-order chi connectivity index (χ1) is 10.2. The highest BCUT2D eigenvalue weighted by Crippen LogP contribution is 2.32. The van der Waals surface area contributed by atoms with Gasteiger partial charge in [0.15, 0.2) is 5.01 Å². The minimum absolute atomic E-state index is 0.278. The molecule has 0 radical (unpaired) electrons. The standard InChI is InChI=1S/C15H21ClN4OS/c1-9(2)18-11-7-12(16)17-8-10(11)14-20-19-13(22-14)5-6-15(3,4)21/h7-9,21H,5-6H2,1-4H3,(H,17,18). The van der Waals surface area contributed by atoms with Gasteiger partial charge >= 0.3 is 0 Å². The van der Waals surface area contributed by atoms with Crippen molar-refractivity contribution in [2.24, 2.45) is 0 Å². The van der Waals surface area contributed by atoms with Crippen LogP contribution < -0.4 is 5.32 Å². The van der Waals surface area contributed by atoms with Crippen molar-refractivity contribution < 1.29 is 5.11 Å². The van der Waals surface area contributed by atoms with Crippen molar-refractivity contribution in [1.29, 1.82) is 0 Å². The first-order valence-electron chi connectivity index (χ1n) is 7.22. The first kappa shape index (κ1) is 17.1. The molecule has 0 fully saturated rings. The van der Waals surface area contributed by atoms with E-state index < -0.39 is 5.60 Å². The van der Waals surface area contributed by atoms with Gasteiger partial charge in [-0.05, 0) is 40.2 Å². The lowest BCUT2D eigenvalue weighted by atomic mass is 10.0. The molecule has 2 aromatic rings. The fourth-order valence-electron chi connectivity index (χ4n) is 1.91. The van der Waals surface area contributed by atoms with E-state index >= 15 is 0 Å². The lowest BCUT2D eigenvalue weighted by molar-refractivity contribution is 0.0713. The van der Waals surface area contributed by atoms with Gasteiger partial charge in [-0.2, -0.15) is 0 Å². The van der Waals surface area contributed by atoms with Crippen molar-refractivity contribution >= 4 is 28.6 Å². The molecule has 0 saturated carbocycles. The van der Waals surface area contributed by atoms with Crippen LogP contribution in [-0.4, -0.2) is 31.9 Å². The lowest BCUT2D eigenvalue weighted by Gasteiger charge is -2.15. The topological polar surface area (TPSA) is 70.9 Å². The van der Waals surface area contributed by atoms with Crippen molar-refractivity contribution in [2.75, 3.05) is 5.32 Å². The molecular formula is C15H21ClN4OS. The Morgan fingerprint density at radius 2 is 2.09 bits per heavy atom. The van der Waals surface area contributed by atoms with E-state index in [1.165, 1.54) is 11.3 Å². The molecule has 2 N–H and O–H groups in total. The van der Waals surface area contributed by atoms with Gasteiger partial charge in [-0.1, -0.05) is 22.9 Å². The summed E-state index contributed by atoms with van der Waals surface area (Å²) in [4.78, 5) is 4.14. The Morgan fingerprint density at radius 3 is 2.73 bits per heavy atom. The molecule has 2 rings (SSSR count). The summed E-state index contributed by atoms with van der Waals surface area (Å²) in [7, 11) is 0. The van der Waals surface area contributed by atoms with Crippen LogP contribution in [0.25, 0.3) is 10.6 Å². The maximum atomic E-state index is 9.80. The fraction of sp³-hybridized carbons (Fsp3) is 0.533. The zero-order valence-corrected chi connectivity index (χ0v) is 14.8. The maximum Gasteiger partial charge on any atom is 0.151 e. The van der Waals surface area contributed by atoms with Gasteiger partial charge in [-0.25, -0.2) is 4.98 Å². The molecule has 0 aliphatic heterocycles. The number of aliphatic hydroxyl groups is 1. The smallest absolute Gasteiger partial charge is 0.151 e. The molecule has 22 heavy (non-hydrogen) atoms. The van der Waals surface area contributed by atoms with Crippen LogP contribution in [-0.2, 0) is 6.42 Å². The van der Waals surface area contributed by atoms with Crippen molar-refractivity contribution in [3.63, 3.8) is 0 Å². The Labute approximate surface area is 139 Å². The predicted molar refractivity (Wildman–Crippen MR) is 91.5 cm³/mol. The first-order valence-corrected chi connectivity index (χ1v) is 8.41. The second-order valence-electron chi connectivity index (χ2n) is 6.17. The van der Waals surface area contributed by atoms with Crippen LogP contribution in [0.4, 0.5) is 5.69 Å². The number of nitrogens with one attached hydrogen (secondary N) is 1. The number of rotatable bonds is 6. The summed E-state index contributed by atoms with van der Waals surface area (Å²) in [5.74, 6) is 0. The average Bonchev–Trinajstić information content (AvgIpc) is 2.83. The van der Waals surface area contributed by atoms with Crippen molar-refractivity contribution in [2.45, 2.75) is 52.2 Å². The van der Waals surface area contributed by atoms with E-state index in [9.17, 15) is 5.11 Å². The molecule has 2 heterocycles. The highest BCUT2D eigenvalue weighted by atomic mass is 35.5. The maximum absolute atomic E-state index is 9.80. The molecule has 120 valence electrons. The highest BCUT2D eigenvalue weighted by Gasteiger charge is 2.16. The molecule has 0 spiro atoms. The summed E-state index contributed by atoms with van der Waals surface area (Å²) in [5, 5.41) is 23.8. The van der Waals surface area contributed by atoms with Gasteiger partial charge in [0.25, 0.3) is 0 Å². The third-order valence-corrected chi connectivity index (χ3v) is 4.19. The minimum atomic E-state index is -0.696. The van der Waals surface area contributed by atoms with Crippen molar-refractivity contribution in [1.82, 2.24) is 15.2 Å². The molecule has 0 atom stereocenters. The van der Waals surface area contributed by atoms with Crippen molar-refractivity contribution in [3.05, 3.63) is 22.4 Å². The fourth-order valence-corrected chi connectivity index (χ4v) is 2.93. The van der Waals surface area contributed by atoms with Gasteiger partial charge in [-0.3, -0.25) is 0 Å². The number of pyridine rings is 1. The van der Waals surface area contributed by atoms with Gasteiger partial charge in [0, 0.05) is 24.3 Å². The van der Waals surface area contributed by atoms with Crippen molar-refractivity contribution in [3.8, 4) is 10.6 Å². The summed E-state index contributed by atoms with van der Waals surface area (Å²) in [6, 6.07) is 2.08. The Bertz CT molecular complexity index is 637. The number of nitrogens with zero attached hydrogens (tertiary/aromatic N) is 3. The molecule has 0 saturated heterocycles. The summed E-state index contributed by atoms with van der Waals surface area (Å²) in [6.45, 7) is 7.71. The normalized spacial score (nSPS) is 12.0. The van der Waals surface area contributed by atoms with Crippen LogP contribution in [0.1, 0.15) is 39.1 Å². The number of halogens is 1. The number of hydrogen-bond acceptors (Lipinski definition) is 6. The number of anilines is 1. The average molecular weight is 341 g/mol. The summed E-state index contributed by atoms with van der Waals surface area (Å²) >= 11 is 7.50. The molecule has 7 heteroatoms. The van der Waals surface area contributed by atoms with E-state index in [0.29, 0.717) is 18.0 Å². The quantitative estimate of drug-likeness (QED) is 0.783. The van der Waals surface area contributed by atoms with E-state index in [1.807, 2.05) is 0 Å². The van der Waals surface area contributed by atoms with Crippen LogP contribution in [0.5, 0.6) is 0 Å². The van der Waals surface area contributed by atoms with E-state index in [1.54, 1.807) is 26.1 Å². The Morgan fingerprint density at radius 1 is 1.36 bits per heavy atom. The van der Waals surface area contributed by atoms with Crippen LogP contribution in [0.2, 0.25) is 5.15 Å². The number of aromatic nitrogens is 3. The SMILES string of the molecule is CC(C)Nc1cc(Cl)ncc1-c1nnc(CCC(C)(C)O)s1. The van der Waals surface area contributed by atoms with E-state index in [4.69, 9.17) is 11.6 Å². The summed E-state index contributed by atoms with van der Waals surface area (Å²) in [6.07, 6.45) is 3.07. The van der Waals surface area contributed by atoms with Crippen LogP contribution in [0.15, 0.2) is 12.3 Å². The molecule has 0 aliphatic rings. The molecule has 5 nitrogen and oxygen atoms in total. The minimum Gasteiger partial charge on any atom is -0.390 e. The summed E-state index contributed by atoms with van der Waals surface area (Å²) in [5.41, 5.74) is 1.10. The number of hydrogen-bond donors (Lipinski definition) is 2. The molecule has 0 unspecified atom stereocenters. The van der Waals surface area contributed by atoms with Gasteiger partial charge in [0.2, 0.25) is 0 Å². The molecule has 0 bridgehead atoms. The molecule has 0 aromatic carbocycles. The molecule has 0 amide bonds. The highest BCUT2D eigenvalue weighted by molar-refractivity contribution is 7.14. The zero-order chi connectivity index (χ0) is 16.3. The molecule has 0 aliphatic carbocycles. The third-order valence-electron chi connectivity index (χ3n) is 2.96. The molecule has 2 aromatic heterocycles. The predicted octanol–water partition coefficient (Wildman–Crippen LogP) is 3.78. The summed E-state index contributed by atoms with van der Waals surface area (Å²) < 4.78 is 0. The van der Waals surface area contributed by atoms with E-state index in [-0.39, 0.29) is 6.04 Å². The molecular weight excluding hydrogens is 320 g/mol. The lowest BCUT2D eigenvalue weighted by Crippen LogP contribution is -2.19. The Hall–Kier alpha value is -1.24. The second kappa shape index (κ2) is 6.89. The number of aryl methyl sites for hydroxylation is 1. The van der Waals surface area contributed by atoms with Crippen LogP contribution >= 0.6 is 22.9 Å². The zero-order valence-electron chi connectivity index (χ0n) is 13.2. The van der Waals surface area contributed by atoms with E-state index in [2.05, 4.69) is 34.3 Å². The largest absolute Gasteiger partial charge is 0.390 e. The van der Waals surface area contributed by atoms with Gasteiger partial charge in [-0.15, -0.1) is 10.2 Å². The van der Waals surface area contributed by atoms with Gasteiger partial charge in [0.05, 0.1) is 11.2 Å². The Balaban J connectivity index is 2.23. The third kappa shape index (κ3) is 4.90.